The molecule has 2 aromatic rings. The Kier molecular flexibility index (Phi) is 5.15. The highest BCUT2D eigenvalue weighted by atomic mass is 16.3. The van der Waals surface area contributed by atoms with Crippen LogP contribution >= 0.6 is 0 Å². The zero-order valence-electron chi connectivity index (χ0n) is 12.0. The topological polar surface area (TPSA) is 20.2 Å². The molecule has 1 nitrogen and oxygen atoms in total. The van der Waals surface area contributed by atoms with Crippen molar-refractivity contribution in [3.8, 4) is 11.8 Å². The molecule has 1 heteroatoms. The van der Waals surface area contributed by atoms with Gasteiger partial charge in [-0.1, -0.05) is 78.6 Å². The number of allylic oxidation sites excluding steroid dienone is 2. The highest BCUT2D eigenvalue weighted by Gasteiger charge is 2.10. The van der Waals surface area contributed by atoms with E-state index in [1.165, 1.54) is 0 Å². The molecule has 21 heavy (non-hydrogen) atoms. The lowest BCUT2D eigenvalue weighted by Crippen LogP contribution is -2.17. The molecular formula is C20H18O. The van der Waals surface area contributed by atoms with Gasteiger partial charge in [-0.25, -0.2) is 0 Å². The summed E-state index contributed by atoms with van der Waals surface area (Å²) in [6, 6.07) is 19.7. The summed E-state index contributed by atoms with van der Waals surface area (Å²) in [5.74, 6) is 5.83. The monoisotopic (exact) mass is 274 g/mol. The maximum Gasteiger partial charge on any atom is 0.141 e. The van der Waals surface area contributed by atoms with E-state index in [-0.39, 0.29) is 0 Å². The van der Waals surface area contributed by atoms with Gasteiger partial charge in [0.1, 0.15) is 5.60 Å². The second kappa shape index (κ2) is 7.28. The maximum atomic E-state index is 10.2. The molecule has 0 aliphatic rings. The molecule has 1 unspecified atom stereocenters. The van der Waals surface area contributed by atoms with Crippen molar-refractivity contribution in [1.82, 2.24) is 0 Å². The van der Waals surface area contributed by atoms with E-state index in [0.717, 1.165) is 11.1 Å². The third-order valence-electron chi connectivity index (χ3n) is 2.85. The number of hydrogen-bond acceptors (Lipinski definition) is 1. The van der Waals surface area contributed by atoms with Gasteiger partial charge in [-0.3, -0.25) is 0 Å². The molecule has 0 saturated carbocycles. The Bertz CT molecular complexity index is 668. The van der Waals surface area contributed by atoms with Crippen LogP contribution in [0.2, 0.25) is 0 Å². The lowest BCUT2D eigenvalue weighted by Gasteiger charge is -2.09. The standard InChI is InChI=1S/C20H18O/c1-20(21,17-15-19-12-6-3-7-13-19)16-9-8-14-18-10-4-2-5-11-18/h2-14,16,21H,1H3/b14-8+,16-9+. The SMILES string of the molecule is CC(O)(C#Cc1ccccc1)/C=C/C=C/c1ccccc1. The van der Waals surface area contributed by atoms with Crippen molar-refractivity contribution in [2.45, 2.75) is 12.5 Å². The highest BCUT2D eigenvalue weighted by Crippen LogP contribution is 2.06. The van der Waals surface area contributed by atoms with Gasteiger partial charge in [-0.15, -0.1) is 0 Å². The van der Waals surface area contributed by atoms with Crippen molar-refractivity contribution >= 4 is 6.08 Å². The summed E-state index contributed by atoms with van der Waals surface area (Å²) in [6.45, 7) is 1.68. The van der Waals surface area contributed by atoms with E-state index in [2.05, 4.69) is 11.8 Å². The highest BCUT2D eigenvalue weighted by molar-refractivity contribution is 5.51. The van der Waals surface area contributed by atoms with Crippen LogP contribution in [0.15, 0.2) is 78.9 Å². The van der Waals surface area contributed by atoms with Crippen molar-refractivity contribution in [2.75, 3.05) is 0 Å². The van der Waals surface area contributed by atoms with E-state index in [1.54, 1.807) is 13.0 Å². The van der Waals surface area contributed by atoms with E-state index in [1.807, 2.05) is 78.9 Å². The molecule has 0 amide bonds. The van der Waals surface area contributed by atoms with Crippen LogP contribution in [-0.2, 0) is 0 Å². The summed E-state index contributed by atoms with van der Waals surface area (Å²) in [5, 5.41) is 10.2. The first-order valence-electron chi connectivity index (χ1n) is 6.87. The summed E-state index contributed by atoms with van der Waals surface area (Å²) >= 11 is 0. The zero-order chi connectivity index (χ0) is 15.0. The number of benzene rings is 2. The van der Waals surface area contributed by atoms with Crippen molar-refractivity contribution in [3.63, 3.8) is 0 Å². The van der Waals surface area contributed by atoms with Crippen molar-refractivity contribution in [2.24, 2.45) is 0 Å². The van der Waals surface area contributed by atoms with Crippen LogP contribution in [0.5, 0.6) is 0 Å². The van der Waals surface area contributed by atoms with Crippen LogP contribution < -0.4 is 0 Å². The van der Waals surface area contributed by atoms with E-state index < -0.39 is 5.60 Å². The molecule has 0 aromatic heterocycles. The molecule has 0 saturated heterocycles. The van der Waals surface area contributed by atoms with Gasteiger partial charge in [-0.2, -0.15) is 0 Å². The summed E-state index contributed by atoms with van der Waals surface area (Å²) in [5.41, 5.74) is 0.875. The van der Waals surface area contributed by atoms with Crippen molar-refractivity contribution < 1.29 is 5.11 Å². The summed E-state index contributed by atoms with van der Waals surface area (Å²) in [4.78, 5) is 0. The Morgan fingerprint density at radius 3 is 2.19 bits per heavy atom. The number of aliphatic hydroxyl groups is 1. The Hall–Kier alpha value is -2.56. The van der Waals surface area contributed by atoms with E-state index in [9.17, 15) is 5.11 Å². The van der Waals surface area contributed by atoms with Crippen molar-refractivity contribution in [1.29, 1.82) is 0 Å². The molecule has 0 bridgehead atoms. The van der Waals surface area contributed by atoms with E-state index in [4.69, 9.17) is 0 Å². The molecule has 104 valence electrons. The molecular weight excluding hydrogens is 256 g/mol. The fourth-order valence-electron chi connectivity index (χ4n) is 1.74. The first-order valence-corrected chi connectivity index (χ1v) is 6.87. The van der Waals surface area contributed by atoms with Gasteiger partial charge in [0.2, 0.25) is 0 Å². The largest absolute Gasteiger partial charge is 0.374 e. The molecule has 0 heterocycles. The molecule has 0 aliphatic heterocycles. The number of rotatable bonds is 3. The smallest absolute Gasteiger partial charge is 0.141 e. The Morgan fingerprint density at radius 1 is 0.905 bits per heavy atom. The normalized spacial score (nSPS) is 13.8. The number of hydrogen-bond donors (Lipinski definition) is 1. The predicted molar refractivity (Wildman–Crippen MR) is 88.6 cm³/mol. The average Bonchev–Trinajstić information content (AvgIpc) is 2.52. The van der Waals surface area contributed by atoms with Crippen LogP contribution in [0.25, 0.3) is 6.08 Å². The minimum Gasteiger partial charge on any atom is -0.374 e. The van der Waals surface area contributed by atoms with Gasteiger partial charge >= 0.3 is 0 Å². The van der Waals surface area contributed by atoms with Crippen LogP contribution in [-0.4, -0.2) is 10.7 Å². The maximum absolute atomic E-state index is 10.2. The first-order chi connectivity index (χ1) is 10.2. The van der Waals surface area contributed by atoms with Gasteiger partial charge in [0.15, 0.2) is 0 Å². The molecule has 0 fully saturated rings. The Labute approximate surface area is 126 Å². The van der Waals surface area contributed by atoms with Crippen LogP contribution in [0.3, 0.4) is 0 Å². The minimum absolute atomic E-state index is 0.894. The van der Waals surface area contributed by atoms with Crippen LogP contribution in [0.4, 0.5) is 0 Å². The average molecular weight is 274 g/mol. The second-order valence-corrected chi connectivity index (χ2v) is 4.89. The molecule has 2 rings (SSSR count). The van der Waals surface area contributed by atoms with Crippen LogP contribution in [0.1, 0.15) is 18.1 Å². The predicted octanol–water partition coefficient (Wildman–Crippen LogP) is 4.06. The summed E-state index contributed by atoms with van der Waals surface area (Å²) in [6.07, 6.45) is 7.38. The van der Waals surface area contributed by atoms with Crippen molar-refractivity contribution in [3.05, 3.63) is 90.0 Å². The van der Waals surface area contributed by atoms with Gasteiger partial charge < -0.3 is 5.11 Å². The molecule has 1 atom stereocenters. The van der Waals surface area contributed by atoms with E-state index >= 15 is 0 Å². The van der Waals surface area contributed by atoms with Gasteiger partial charge in [0, 0.05) is 5.56 Å². The molecule has 0 aliphatic carbocycles. The molecule has 2 aromatic carbocycles. The zero-order valence-corrected chi connectivity index (χ0v) is 12.0. The molecule has 0 spiro atoms. The lowest BCUT2D eigenvalue weighted by atomic mass is 10.1. The van der Waals surface area contributed by atoms with E-state index in [0.29, 0.717) is 0 Å². The molecule has 0 radical (unpaired) electrons. The third kappa shape index (κ3) is 5.52. The fourth-order valence-corrected chi connectivity index (χ4v) is 1.74. The minimum atomic E-state index is -1.14. The third-order valence-corrected chi connectivity index (χ3v) is 2.85. The first kappa shape index (κ1) is 14.8. The van der Waals surface area contributed by atoms with Gasteiger partial charge in [0.25, 0.3) is 0 Å². The second-order valence-electron chi connectivity index (χ2n) is 4.89. The van der Waals surface area contributed by atoms with Gasteiger partial charge in [0.05, 0.1) is 0 Å². The van der Waals surface area contributed by atoms with Gasteiger partial charge in [-0.05, 0) is 30.7 Å². The Balaban J connectivity index is 1.99. The Morgan fingerprint density at radius 2 is 1.52 bits per heavy atom. The lowest BCUT2D eigenvalue weighted by molar-refractivity contribution is 0.174. The fraction of sp³-hybridized carbons (Fsp3) is 0.100. The molecule has 1 N–H and O–H groups in total. The quantitative estimate of drug-likeness (QED) is 0.661. The van der Waals surface area contributed by atoms with Crippen LogP contribution in [0, 0.1) is 11.8 Å². The summed E-state index contributed by atoms with van der Waals surface area (Å²) < 4.78 is 0. The summed E-state index contributed by atoms with van der Waals surface area (Å²) in [7, 11) is 0.